The van der Waals surface area contributed by atoms with E-state index < -0.39 is 10.0 Å². The first-order valence-electron chi connectivity index (χ1n) is 9.44. The molecular weight excluding hydrogens is 384 g/mol. The van der Waals surface area contributed by atoms with Gasteiger partial charge in [0.15, 0.2) is 0 Å². The van der Waals surface area contributed by atoms with Crippen LogP contribution in [0.25, 0.3) is 0 Å². The van der Waals surface area contributed by atoms with E-state index in [4.69, 9.17) is 0 Å². The largest absolute Gasteiger partial charge is 0.345 e. The van der Waals surface area contributed by atoms with Gasteiger partial charge in [0, 0.05) is 11.3 Å². The maximum atomic E-state index is 12.7. The van der Waals surface area contributed by atoms with Gasteiger partial charge in [-0.2, -0.15) is 0 Å². The molecule has 0 radical (unpaired) electrons. The lowest BCUT2D eigenvalue weighted by molar-refractivity contribution is 0.0935. The van der Waals surface area contributed by atoms with Crippen molar-refractivity contribution in [2.45, 2.75) is 31.2 Å². The predicted molar refractivity (Wildman–Crippen MR) is 115 cm³/mol. The lowest BCUT2D eigenvalue weighted by atomic mass is 10.0. The number of anilines is 1. The molecule has 1 atom stereocenters. The summed E-state index contributed by atoms with van der Waals surface area (Å²) >= 11 is 0. The Morgan fingerprint density at radius 2 is 1.62 bits per heavy atom. The Bertz CT molecular complexity index is 1080. The normalized spacial score (nSPS) is 12.2. The number of sulfonamides is 1. The van der Waals surface area contributed by atoms with Crippen LogP contribution in [0.4, 0.5) is 5.69 Å². The zero-order valence-corrected chi connectivity index (χ0v) is 17.2. The summed E-state index contributed by atoms with van der Waals surface area (Å²) in [5, 5.41) is 2.98. The van der Waals surface area contributed by atoms with Crippen LogP contribution in [0.2, 0.25) is 0 Å². The molecular formula is C23H24N2O3S. The molecule has 3 rings (SSSR count). The maximum absolute atomic E-state index is 12.7. The molecule has 150 valence electrons. The summed E-state index contributed by atoms with van der Waals surface area (Å²) in [5.41, 5.74) is 2.82. The number of hydrogen-bond donors (Lipinski definition) is 2. The van der Waals surface area contributed by atoms with Crippen molar-refractivity contribution in [3.63, 3.8) is 0 Å². The van der Waals surface area contributed by atoms with E-state index in [-0.39, 0.29) is 16.8 Å². The minimum Gasteiger partial charge on any atom is -0.345 e. The molecule has 3 aromatic carbocycles. The Kier molecular flexibility index (Phi) is 6.34. The number of benzene rings is 3. The highest BCUT2D eigenvalue weighted by molar-refractivity contribution is 7.92. The van der Waals surface area contributed by atoms with Crippen LogP contribution in [0, 0.1) is 6.92 Å². The van der Waals surface area contributed by atoms with Gasteiger partial charge in [-0.3, -0.25) is 9.52 Å². The first-order valence-corrected chi connectivity index (χ1v) is 10.9. The van der Waals surface area contributed by atoms with E-state index in [9.17, 15) is 13.2 Å². The second kappa shape index (κ2) is 8.92. The summed E-state index contributed by atoms with van der Waals surface area (Å²) in [7, 11) is -3.80. The molecule has 1 unspecified atom stereocenters. The minimum atomic E-state index is -3.80. The number of hydrogen-bond acceptors (Lipinski definition) is 3. The molecule has 3 aromatic rings. The number of nitrogens with one attached hydrogen (secondary N) is 2. The Labute approximate surface area is 171 Å². The van der Waals surface area contributed by atoms with Crippen LogP contribution in [0.5, 0.6) is 0 Å². The average Bonchev–Trinajstić information content (AvgIpc) is 2.74. The van der Waals surface area contributed by atoms with E-state index in [1.165, 1.54) is 12.1 Å². The maximum Gasteiger partial charge on any atom is 0.261 e. The summed E-state index contributed by atoms with van der Waals surface area (Å²) < 4.78 is 28.0. The van der Waals surface area contributed by atoms with Crippen LogP contribution in [-0.2, 0) is 10.0 Å². The summed E-state index contributed by atoms with van der Waals surface area (Å²) in [5.74, 6) is -0.312. The zero-order valence-electron chi connectivity index (χ0n) is 16.4. The van der Waals surface area contributed by atoms with E-state index in [0.29, 0.717) is 11.3 Å². The van der Waals surface area contributed by atoms with Crippen LogP contribution >= 0.6 is 0 Å². The molecule has 0 fully saturated rings. The third kappa shape index (κ3) is 5.23. The van der Waals surface area contributed by atoms with Crippen molar-refractivity contribution >= 4 is 21.6 Å². The van der Waals surface area contributed by atoms with Crippen LogP contribution in [0.3, 0.4) is 0 Å². The van der Waals surface area contributed by atoms with Gasteiger partial charge in [0.1, 0.15) is 0 Å². The fourth-order valence-corrected chi connectivity index (χ4v) is 4.09. The fourth-order valence-electron chi connectivity index (χ4n) is 2.99. The molecule has 5 nitrogen and oxygen atoms in total. The number of rotatable bonds is 7. The molecule has 0 aliphatic rings. The standard InChI is InChI=1S/C23H24N2O3S/c1-3-22(18-8-5-4-6-9-18)24-23(26)19-10-7-11-21(16-19)29(27,28)25-20-14-12-17(2)13-15-20/h4-16,22,25H,3H2,1-2H3,(H,24,26). The number of amides is 1. The monoisotopic (exact) mass is 408 g/mol. The van der Waals surface area contributed by atoms with Crippen LogP contribution < -0.4 is 10.0 Å². The van der Waals surface area contributed by atoms with Crippen LogP contribution in [0.15, 0.2) is 83.8 Å². The summed E-state index contributed by atoms with van der Waals surface area (Å²) in [6, 6.07) is 22.7. The third-order valence-electron chi connectivity index (χ3n) is 4.63. The molecule has 29 heavy (non-hydrogen) atoms. The quantitative estimate of drug-likeness (QED) is 0.596. The van der Waals surface area contributed by atoms with Crippen molar-refractivity contribution in [3.05, 3.63) is 95.6 Å². The van der Waals surface area contributed by atoms with Gasteiger partial charge in [0.25, 0.3) is 15.9 Å². The number of aryl methyl sites for hydroxylation is 1. The van der Waals surface area contributed by atoms with Gasteiger partial charge in [-0.1, -0.05) is 61.0 Å². The van der Waals surface area contributed by atoms with E-state index in [1.807, 2.05) is 56.3 Å². The SMILES string of the molecule is CCC(NC(=O)c1cccc(S(=O)(=O)Nc2ccc(C)cc2)c1)c1ccccc1. The smallest absolute Gasteiger partial charge is 0.261 e. The Morgan fingerprint density at radius 1 is 0.931 bits per heavy atom. The first-order chi connectivity index (χ1) is 13.9. The predicted octanol–water partition coefficient (Wildman–Crippen LogP) is 4.68. The van der Waals surface area contributed by atoms with E-state index in [1.54, 1.807) is 24.3 Å². The number of carbonyl (C=O) groups excluding carboxylic acids is 1. The molecule has 0 heterocycles. The molecule has 2 N–H and O–H groups in total. The molecule has 0 saturated heterocycles. The van der Waals surface area contributed by atoms with Crippen molar-refractivity contribution in [3.8, 4) is 0 Å². The molecule has 0 aliphatic carbocycles. The van der Waals surface area contributed by atoms with Crippen LogP contribution in [-0.4, -0.2) is 14.3 Å². The Hall–Kier alpha value is -3.12. The fraction of sp³-hybridized carbons (Fsp3) is 0.174. The summed E-state index contributed by atoms with van der Waals surface area (Å²) in [4.78, 5) is 12.8. The summed E-state index contributed by atoms with van der Waals surface area (Å²) in [6.45, 7) is 3.92. The van der Waals surface area contributed by atoms with Gasteiger partial charge >= 0.3 is 0 Å². The molecule has 1 amide bonds. The summed E-state index contributed by atoms with van der Waals surface area (Å²) in [6.07, 6.45) is 0.725. The lowest BCUT2D eigenvalue weighted by Crippen LogP contribution is -2.28. The molecule has 6 heteroatoms. The molecule has 0 spiro atoms. The van der Waals surface area contributed by atoms with E-state index >= 15 is 0 Å². The minimum absolute atomic E-state index is 0.0403. The van der Waals surface area contributed by atoms with Gasteiger partial charge in [0.05, 0.1) is 10.9 Å². The van der Waals surface area contributed by atoms with E-state index in [2.05, 4.69) is 10.0 Å². The van der Waals surface area contributed by atoms with Crippen molar-refractivity contribution in [1.82, 2.24) is 5.32 Å². The topological polar surface area (TPSA) is 75.3 Å². The van der Waals surface area contributed by atoms with E-state index in [0.717, 1.165) is 17.5 Å². The molecule has 0 aliphatic heterocycles. The molecule has 0 saturated carbocycles. The van der Waals surface area contributed by atoms with Gasteiger partial charge < -0.3 is 5.32 Å². The molecule has 0 bridgehead atoms. The Balaban J connectivity index is 1.79. The zero-order chi connectivity index (χ0) is 20.9. The van der Waals surface area contributed by atoms with Crippen molar-refractivity contribution < 1.29 is 13.2 Å². The molecule has 0 aromatic heterocycles. The number of carbonyl (C=O) groups is 1. The van der Waals surface area contributed by atoms with Crippen LogP contribution in [0.1, 0.15) is 40.9 Å². The van der Waals surface area contributed by atoms with Crippen molar-refractivity contribution in [1.29, 1.82) is 0 Å². The lowest BCUT2D eigenvalue weighted by Gasteiger charge is -2.18. The second-order valence-corrected chi connectivity index (χ2v) is 8.53. The Morgan fingerprint density at radius 3 is 2.28 bits per heavy atom. The average molecular weight is 409 g/mol. The third-order valence-corrected chi connectivity index (χ3v) is 6.00. The highest BCUT2D eigenvalue weighted by atomic mass is 32.2. The van der Waals surface area contributed by atoms with Crippen molar-refractivity contribution in [2.24, 2.45) is 0 Å². The first kappa shape index (κ1) is 20.6. The van der Waals surface area contributed by atoms with Gasteiger partial charge in [0.2, 0.25) is 0 Å². The highest BCUT2D eigenvalue weighted by Gasteiger charge is 2.18. The van der Waals surface area contributed by atoms with Crippen molar-refractivity contribution in [2.75, 3.05) is 4.72 Å². The highest BCUT2D eigenvalue weighted by Crippen LogP contribution is 2.20. The second-order valence-electron chi connectivity index (χ2n) is 6.84. The van der Waals surface area contributed by atoms with Gasteiger partial charge in [-0.25, -0.2) is 8.42 Å². The van der Waals surface area contributed by atoms with Gasteiger partial charge in [-0.05, 0) is 49.2 Å². The van der Waals surface area contributed by atoms with Gasteiger partial charge in [-0.15, -0.1) is 0 Å².